The van der Waals surface area contributed by atoms with E-state index in [0.717, 1.165) is 12.1 Å². The number of methoxy groups -OCH3 is 1. The van der Waals surface area contributed by atoms with Crippen LogP contribution in [-0.4, -0.2) is 31.0 Å². The van der Waals surface area contributed by atoms with Crippen LogP contribution in [0, 0.1) is 6.92 Å². The van der Waals surface area contributed by atoms with E-state index in [-0.39, 0.29) is 11.9 Å². The van der Waals surface area contributed by atoms with Crippen molar-refractivity contribution in [3.63, 3.8) is 0 Å². The van der Waals surface area contributed by atoms with E-state index in [2.05, 4.69) is 17.4 Å². The fraction of sp³-hybridized carbons (Fsp3) is 0.316. The standard InChI is InChI=1S/C19H24N2O2/c1-14-10-11-18(23-4)17(12-14)20-19(22)15(2)21(3)13-16-8-6-5-7-9-16/h5-12,15H,13H2,1-4H3,(H,20,22)/t15-/m0/s1. The molecule has 0 aromatic heterocycles. The van der Waals surface area contributed by atoms with E-state index in [0.29, 0.717) is 11.4 Å². The van der Waals surface area contributed by atoms with Crippen LogP contribution in [0.2, 0.25) is 0 Å². The Labute approximate surface area is 138 Å². The van der Waals surface area contributed by atoms with Crippen LogP contribution in [0.3, 0.4) is 0 Å². The first-order valence-corrected chi connectivity index (χ1v) is 7.71. The van der Waals surface area contributed by atoms with Crippen LogP contribution < -0.4 is 10.1 Å². The molecular formula is C19H24N2O2. The molecule has 0 fully saturated rings. The number of aryl methyl sites for hydroxylation is 1. The number of amides is 1. The van der Waals surface area contributed by atoms with E-state index < -0.39 is 0 Å². The van der Waals surface area contributed by atoms with Crippen molar-refractivity contribution in [3.05, 3.63) is 59.7 Å². The van der Waals surface area contributed by atoms with Gasteiger partial charge in [0.05, 0.1) is 18.8 Å². The molecule has 0 aliphatic rings. The van der Waals surface area contributed by atoms with Gasteiger partial charge in [0.15, 0.2) is 0 Å². The highest BCUT2D eigenvalue weighted by molar-refractivity contribution is 5.95. The van der Waals surface area contributed by atoms with Crippen LogP contribution in [0.5, 0.6) is 5.75 Å². The SMILES string of the molecule is COc1ccc(C)cc1NC(=O)[C@H](C)N(C)Cc1ccccc1. The van der Waals surface area contributed by atoms with Crippen molar-refractivity contribution in [2.75, 3.05) is 19.5 Å². The Bertz CT molecular complexity index is 656. The van der Waals surface area contributed by atoms with Gasteiger partial charge in [-0.05, 0) is 44.2 Å². The predicted octanol–water partition coefficient (Wildman–Crippen LogP) is 3.46. The van der Waals surface area contributed by atoms with Crippen LogP contribution in [0.1, 0.15) is 18.1 Å². The molecule has 0 aliphatic heterocycles. The normalized spacial score (nSPS) is 12.0. The Morgan fingerprint density at radius 1 is 1.22 bits per heavy atom. The maximum Gasteiger partial charge on any atom is 0.241 e. The number of anilines is 1. The number of ether oxygens (including phenoxy) is 1. The first-order valence-electron chi connectivity index (χ1n) is 7.71. The Morgan fingerprint density at radius 2 is 1.91 bits per heavy atom. The largest absolute Gasteiger partial charge is 0.495 e. The third-order valence-electron chi connectivity index (χ3n) is 3.93. The lowest BCUT2D eigenvalue weighted by molar-refractivity contribution is -0.120. The van der Waals surface area contributed by atoms with E-state index >= 15 is 0 Å². The second kappa shape index (κ2) is 7.79. The first kappa shape index (κ1) is 17.0. The fourth-order valence-corrected chi connectivity index (χ4v) is 2.37. The monoisotopic (exact) mass is 312 g/mol. The van der Waals surface area contributed by atoms with Crippen LogP contribution in [0.25, 0.3) is 0 Å². The van der Waals surface area contributed by atoms with Crippen LogP contribution >= 0.6 is 0 Å². The summed E-state index contributed by atoms with van der Waals surface area (Å²) >= 11 is 0. The van der Waals surface area contributed by atoms with Crippen molar-refractivity contribution in [1.82, 2.24) is 4.90 Å². The number of carbonyl (C=O) groups excluding carboxylic acids is 1. The lowest BCUT2D eigenvalue weighted by atomic mass is 10.1. The molecule has 2 aromatic rings. The number of nitrogens with zero attached hydrogens (tertiary/aromatic N) is 1. The van der Waals surface area contributed by atoms with Gasteiger partial charge >= 0.3 is 0 Å². The minimum Gasteiger partial charge on any atom is -0.495 e. The van der Waals surface area contributed by atoms with Crippen LogP contribution in [0.15, 0.2) is 48.5 Å². The van der Waals surface area contributed by atoms with E-state index in [1.54, 1.807) is 7.11 Å². The maximum atomic E-state index is 12.5. The lowest BCUT2D eigenvalue weighted by Gasteiger charge is -2.24. The van der Waals surface area contributed by atoms with E-state index in [1.165, 1.54) is 5.56 Å². The summed E-state index contributed by atoms with van der Waals surface area (Å²) in [5, 5.41) is 2.96. The summed E-state index contributed by atoms with van der Waals surface area (Å²) in [5.41, 5.74) is 2.96. The maximum absolute atomic E-state index is 12.5. The summed E-state index contributed by atoms with van der Waals surface area (Å²) in [6.45, 7) is 4.61. The molecule has 4 nitrogen and oxygen atoms in total. The van der Waals surface area contributed by atoms with Crippen LogP contribution in [0.4, 0.5) is 5.69 Å². The van der Waals surface area contributed by atoms with Crippen molar-refractivity contribution in [2.24, 2.45) is 0 Å². The third-order valence-corrected chi connectivity index (χ3v) is 3.93. The highest BCUT2D eigenvalue weighted by atomic mass is 16.5. The molecule has 1 atom stereocenters. The Morgan fingerprint density at radius 3 is 2.57 bits per heavy atom. The summed E-state index contributed by atoms with van der Waals surface area (Å²) in [7, 11) is 3.55. The summed E-state index contributed by atoms with van der Waals surface area (Å²) in [5.74, 6) is 0.620. The molecule has 122 valence electrons. The molecule has 1 N–H and O–H groups in total. The zero-order chi connectivity index (χ0) is 16.8. The quantitative estimate of drug-likeness (QED) is 0.888. The van der Waals surface area contributed by atoms with Crippen molar-refractivity contribution in [2.45, 2.75) is 26.4 Å². The molecule has 0 radical (unpaired) electrons. The molecule has 0 spiro atoms. The van der Waals surface area contributed by atoms with Gasteiger partial charge < -0.3 is 10.1 Å². The van der Waals surface area contributed by atoms with Gasteiger partial charge in [-0.3, -0.25) is 9.69 Å². The highest BCUT2D eigenvalue weighted by Gasteiger charge is 2.19. The molecule has 0 bridgehead atoms. The first-order chi connectivity index (χ1) is 11.0. The molecule has 0 saturated carbocycles. The van der Waals surface area contributed by atoms with Gasteiger partial charge in [0.2, 0.25) is 5.91 Å². The molecule has 0 aliphatic carbocycles. The Kier molecular flexibility index (Phi) is 5.77. The number of likely N-dealkylation sites (N-methyl/N-ethyl adjacent to an activating group) is 1. The number of hydrogen-bond donors (Lipinski definition) is 1. The second-order valence-corrected chi connectivity index (χ2v) is 5.77. The predicted molar refractivity (Wildman–Crippen MR) is 93.7 cm³/mol. The van der Waals surface area contributed by atoms with Gasteiger partial charge in [-0.15, -0.1) is 0 Å². The summed E-state index contributed by atoms with van der Waals surface area (Å²) in [4.78, 5) is 14.5. The van der Waals surface area contributed by atoms with Crippen molar-refractivity contribution in [1.29, 1.82) is 0 Å². The molecule has 2 rings (SSSR count). The molecule has 23 heavy (non-hydrogen) atoms. The molecule has 1 amide bonds. The zero-order valence-electron chi connectivity index (χ0n) is 14.2. The van der Waals surface area contributed by atoms with Crippen LogP contribution in [-0.2, 0) is 11.3 Å². The summed E-state index contributed by atoms with van der Waals surface area (Å²) in [6.07, 6.45) is 0. The minimum absolute atomic E-state index is 0.0488. The van der Waals surface area contributed by atoms with E-state index in [9.17, 15) is 4.79 Å². The van der Waals surface area contributed by atoms with Gasteiger partial charge in [-0.2, -0.15) is 0 Å². The average molecular weight is 312 g/mol. The van der Waals surface area contributed by atoms with Gasteiger partial charge in [-0.25, -0.2) is 0 Å². The lowest BCUT2D eigenvalue weighted by Crippen LogP contribution is -2.39. The van der Waals surface area contributed by atoms with Gasteiger partial charge in [-0.1, -0.05) is 36.4 Å². The summed E-state index contributed by atoms with van der Waals surface area (Å²) < 4.78 is 5.31. The molecule has 0 heterocycles. The van der Waals surface area contributed by atoms with Crippen molar-refractivity contribution < 1.29 is 9.53 Å². The fourth-order valence-electron chi connectivity index (χ4n) is 2.37. The Hall–Kier alpha value is -2.33. The number of rotatable bonds is 6. The topological polar surface area (TPSA) is 41.6 Å². The number of carbonyl (C=O) groups is 1. The van der Waals surface area contributed by atoms with E-state index in [4.69, 9.17) is 4.74 Å². The van der Waals surface area contributed by atoms with E-state index in [1.807, 2.05) is 62.2 Å². The highest BCUT2D eigenvalue weighted by Crippen LogP contribution is 2.25. The van der Waals surface area contributed by atoms with Gasteiger partial charge in [0.1, 0.15) is 5.75 Å². The van der Waals surface area contributed by atoms with Crippen molar-refractivity contribution in [3.8, 4) is 5.75 Å². The molecule has 4 heteroatoms. The summed E-state index contributed by atoms with van der Waals surface area (Å²) in [6, 6.07) is 15.6. The van der Waals surface area contributed by atoms with Gasteiger partial charge in [0, 0.05) is 6.54 Å². The molecule has 2 aromatic carbocycles. The second-order valence-electron chi connectivity index (χ2n) is 5.77. The van der Waals surface area contributed by atoms with Gasteiger partial charge in [0.25, 0.3) is 0 Å². The number of benzene rings is 2. The zero-order valence-corrected chi connectivity index (χ0v) is 14.2. The minimum atomic E-state index is -0.250. The third kappa shape index (κ3) is 4.57. The molecule has 0 saturated heterocycles. The molecular weight excluding hydrogens is 288 g/mol. The molecule has 0 unspecified atom stereocenters. The Balaban J connectivity index is 2.03. The van der Waals surface area contributed by atoms with Crippen molar-refractivity contribution >= 4 is 11.6 Å². The smallest absolute Gasteiger partial charge is 0.241 e. The number of hydrogen-bond acceptors (Lipinski definition) is 3. The number of nitrogens with one attached hydrogen (secondary N) is 1. The average Bonchev–Trinajstić information content (AvgIpc) is 2.55.